The van der Waals surface area contributed by atoms with Crippen LogP contribution in [-0.2, 0) is 15.0 Å². The third kappa shape index (κ3) is 2.97. The van der Waals surface area contributed by atoms with Crippen LogP contribution < -0.4 is 0 Å². The summed E-state index contributed by atoms with van der Waals surface area (Å²) in [4.78, 5) is 8.58. The first-order valence-corrected chi connectivity index (χ1v) is 5.50. The molecule has 0 saturated carbocycles. The van der Waals surface area contributed by atoms with Gasteiger partial charge in [-0.25, -0.2) is 14.9 Å². The lowest BCUT2D eigenvalue weighted by molar-refractivity contribution is -0.0733. The van der Waals surface area contributed by atoms with Gasteiger partial charge in [-0.1, -0.05) is 0 Å². The average Bonchev–Trinajstić information content (AvgIpc) is 2.32. The molecule has 1 aliphatic heterocycles. The maximum absolute atomic E-state index is 10.3. The van der Waals surface area contributed by atoms with Crippen molar-refractivity contribution in [2.45, 2.75) is 5.56 Å². The molecule has 12 heavy (non-hydrogen) atoms. The summed E-state index contributed by atoms with van der Waals surface area (Å²) in [6.07, 6.45) is 4.63. The topological polar surface area (TPSA) is 79.2 Å². The largest absolute Gasteiger partial charge is 0.285 e. The highest BCUT2D eigenvalue weighted by molar-refractivity contribution is 8.00. The molecule has 1 aliphatic rings. The van der Waals surface area contributed by atoms with E-state index in [2.05, 4.69) is 11.2 Å². The zero-order valence-corrected chi connectivity index (χ0v) is 7.58. The molecule has 6 nitrogen and oxygen atoms in total. The number of hydroxylamine groups is 2. The second-order valence-corrected chi connectivity index (χ2v) is 4.13. The highest BCUT2D eigenvalue weighted by Crippen LogP contribution is 2.17. The Balaban J connectivity index is 2.45. The molecule has 0 fully saturated rings. The first-order valence-electron chi connectivity index (χ1n) is 2.84. The highest BCUT2D eigenvalue weighted by atomic mass is 32.2. The predicted molar refractivity (Wildman–Crippen MR) is 44.6 cm³/mol. The van der Waals surface area contributed by atoms with E-state index in [0.717, 1.165) is 16.8 Å². The lowest BCUT2D eigenvalue weighted by Crippen LogP contribution is -2.26. The van der Waals surface area contributed by atoms with E-state index in [0.29, 0.717) is 0 Å². The number of nitrogens with zero attached hydrogens (tertiary/aromatic N) is 2. The van der Waals surface area contributed by atoms with Crippen LogP contribution in [0.2, 0.25) is 0 Å². The van der Waals surface area contributed by atoms with Crippen molar-refractivity contribution < 1.29 is 17.8 Å². The van der Waals surface area contributed by atoms with Gasteiger partial charge >= 0.3 is 0 Å². The van der Waals surface area contributed by atoms with Gasteiger partial charge in [0.2, 0.25) is 5.56 Å². The lowest BCUT2D eigenvalue weighted by Gasteiger charge is -2.12. The first kappa shape index (κ1) is 9.78. The van der Waals surface area contributed by atoms with Crippen molar-refractivity contribution in [2.24, 2.45) is 4.99 Å². The summed E-state index contributed by atoms with van der Waals surface area (Å²) in [5, 5.41) is 0.929. The Hall–Kier alpha value is -0.310. The van der Waals surface area contributed by atoms with Crippen LogP contribution in [0.25, 0.3) is 0 Å². The van der Waals surface area contributed by atoms with E-state index in [4.69, 9.17) is 9.39 Å². The summed E-state index contributed by atoms with van der Waals surface area (Å²) in [6.45, 7) is 0. The van der Waals surface area contributed by atoms with Gasteiger partial charge in [-0.15, -0.1) is 11.8 Å². The van der Waals surface area contributed by atoms with Crippen LogP contribution in [-0.4, -0.2) is 35.8 Å². The lowest BCUT2D eigenvalue weighted by atomic mass is 11.1. The molecular weight excluding hydrogens is 204 g/mol. The van der Waals surface area contributed by atoms with Gasteiger partial charge < -0.3 is 0 Å². The normalized spacial score (nSPS) is 23.5. The first-order chi connectivity index (χ1) is 5.51. The van der Waals surface area contributed by atoms with Gasteiger partial charge in [0.05, 0.1) is 0 Å². The molecule has 8 heteroatoms. The summed E-state index contributed by atoms with van der Waals surface area (Å²) >= 11 is 1.07. The van der Waals surface area contributed by atoms with E-state index in [9.17, 15) is 8.42 Å². The van der Waals surface area contributed by atoms with Crippen molar-refractivity contribution in [3.05, 3.63) is 6.26 Å². The number of aliphatic imine (C=N–C) groups is 1. The smallest absolute Gasteiger partial charge is 0.284 e. The maximum Gasteiger partial charge on any atom is 0.285 e. The number of rotatable bonds is 3. The Morgan fingerprint density at radius 2 is 2.50 bits per heavy atom. The Morgan fingerprint density at radius 1 is 1.83 bits per heavy atom. The number of thioether (sulfide) groups is 1. The van der Waals surface area contributed by atoms with Crippen molar-refractivity contribution in [3.63, 3.8) is 0 Å². The van der Waals surface area contributed by atoms with Gasteiger partial charge in [-0.05, 0) is 0 Å². The third-order valence-electron chi connectivity index (χ3n) is 0.976. The van der Waals surface area contributed by atoms with Crippen molar-refractivity contribution >= 4 is 28.2 Å². The SMILES string of the molecule is [CH2]SC1N=CN(CS(=O)(=O)O)O1. The minimum atomic E-state index is -4.06. The zero-order valence-electron chi connectivity index (χ0n) is 5.95. The molecule has 0 aromatic carbocycles. The molecule has 0 amide bonds. The van der Waals surface area contributed by atoms with Gasteiger partial charge in [0.25, 0.3) is 10.1 Å². The third-order valence-corrected chi connectivity index (χ3v) is 2.05. The number of hydrogen-bond acceptors (Lipinski definition) is 6. The van der Waals surface area contributed by atoms with E-state index in [1.54, 1.807) is 0 Å². The molecule has 1 unspecified atom stereocenters. The van der Waals surface area contributed by atoms with Crippen LogP contribution in [0.4, 0.5) is 0 Å². The monoisotopic (exact) mass is 211 g/mol. The molecular formula is C4H7N2O4S2. The van der Waals surface area contributed by atoms with E-state index < -0.39 is 21.6 Å². The molecule has 0 aromatic rings. The predicted octanol–water partition coefficient (Wildman–Crippen LogP) is -0.0844. The molecule has 0 aromatic heterocycles. The van der Waals surface area contributed by atoms with Gasteiger partial charge in [0.15, 0.2) is 5.88 Å². The van der Waals surface area contributed by atoms with Crippen molar-refractivity contribution in [1.82, 2.24) is 5.06 Å². The van der Waals surface area contributed by atoms with Crippen molar-refractivity contribution in [3.8, 4) is 0 Å². The summed E-state index contributed by atoms with van der Waals surface area (Å²) in [5.74, 6) is -0.618. The fraction of sp³-hybridized carbons (Fsp3) is 0.500. The fourth-order valence-electron chi connectivity index (χ4n) is 0.597. The summed E-state index contributed by atoms with van der Waals surface area (Å²) in [7, 11) is -4.06. The van der Waals surface area contributed by atoms with Crippen molar-refractivity contribution in [1.29, 1.82) is 0 Å². The van der Waals surface area contributed by atoms with Crippen molar-refractivity contribution in [2.75, 3.05) is 5.88 Å². The molecule has 0 saturated heterocycles. The van der Waals surface area contributed by atoms with Crippen LogP contribution in [0, 0.1) is 6.26 Å². The molecule has 1 heterocycles. The van der Waals surface area contributed by atoms with E-state index in [1.807, 2.05) is 0 Å². The quantitative estimate of drug-likeness (QED) is 0.657. The second-order valence-electron chi connectivity index (χ2n) is 1.97. The Kier molecular flexibility index (Phi) is 2.94. The standard InChI is InChI=1S/C4H7N2O4S2/c1-11-4-5-2-6(10-4)3-12(7,8)9/h2,4H,1,3H2,(H,7,8,9). The summed E-state index contributed by atoms with van der Waals surface area (Å²) in [5.41, 5.74) is -0.522. The molecule has 1 rings (SSSR count). The Bertz CT molecular complexity index is 275. The average molecular weight is 211 g/mol. The van der Waals surface area contributed by atoms with Crippen LogP contribution in [0.5, 0.6) is 0 Å². The molecule has 0 bridgehead atoms. The minimum Gasteiger partial charge on any atom is -0.284 e. The van der Waals surface area contributed by atoms with Gasteiger partial charge in [-0.2, -0.15) is 8.42 Å². The maximum atomic E-state index is 10.3. The zero-order chi connectivity index (χ0) is 9.19. The molecule has 1 radical (unpaired) electrons. The fourth-order valence-corrected chi connectivity index (χ4v) is 1.36. The molecule has 1 atom stereocenters. The highest BCUT2D eigenvalue weighted by Gasteiger charge is 2.20. The Labute approximate surface area is 74.3 Å². The van der Waals surface area contributed by atoms with Crippen LogP contribution >= 0.6 is 11.8 Å². The van der Waals surface area contributed by atoms with Gasteiger partial charge in [0.1, 0.15) is 6.34 Å². The Morgan fingerprint density at radius 3 is 2.92 bits per heavy atom. The van der Waals surface area contributed by atoms with Crippen LogP contribution in [0.15, 0.2) is 4.99 Å². The van der Waals surface area contributed by atoms with E-state index >= 15 is 0 Å². The molecule has 0 aliphatic carbocycles. The van der Waals surface area contributed by atoms with E-state index in [-0.39, 0.29) is 0 Å². The summed E-state index contributed by atoms with van der Waals surface area (Å²) < 4.78 is 29.1. The van der Waals surface area contributed by atoms with Gasteiger partial charge in [0, 0.05) is 6.26 Å². The molecule has 1 N–H and O–H groups in total. The number of hydrogen-bond donors (Lipinski definition) is 1. The molecule has 0 spiro atoms. The second kappa shape index (κ2) is 3.60. The summed E-state index contributed by atoms with van der Waals surface area (Å²) in [6, 6.07) is 0. The van der Waals surface area contributed by atoms with E-state index in [1.165, 1.54) is 6.34 Å². The van der Waals surface area contributed by atoms with Crippen LogP contribution in [0.3, 0.4) is 0 Å². The van der Waals surface area contributed by atoms with Gasteiger partial charge in [-0.3, -0.25) is 4.55 Å². The molecule has 69 valence electrons. The minimum absolute atomic E-state index is 0.522. The van der Waals surface area contributed by atoms with Crippen LogP contribution in [0.1, 0.15) is 0 Å².